The van der Waals surface area contributed by atoms with E-state index in [1.165, 1.54) is 17.2 Å². The molecule has 0 radical (unpaired) electrons. The first-order valence-electron chi connectivity index (χ1n) is 8.78. The van der Waals surface area contributed by atoms with Gasteiger partial charge < -0.3 is 10.1 Å². The van der Waals surface area contributed by atoms with Gasteiger partial charge in [0, 0.05) is 49.8 Å². The van der Waals surface area contributed by atoms with Crippen molar-refractivity contribution in [1.82, 2.24) is 10.2 Å². The lowest BCUT2D eigenvalue weighted by Crippen LogP contribution is -2.48. The minimum Gasteiger partial charge on any atom is -0.490 e. The monoisotopic (exact) mass is 344 g/mol. The Morgan fingerprint density at radius 2 is 2.00 bits per heavy atom. The largest absolute Gasteiger partial charge is 0.490 e. The molecular formula is C20H22F2N2O. The topological polar surface area (TPSA) is 24.5 Å². The summed E-state index contributed by atoms with van der Waals surface area (Å²) in [6, 6.07) is 10.9. The van der Waals surface area contributed by atoms with Crippen LogP contribution in [0.5, 0.6) is 5.75 Å². The highest BCUT2D eigenvalue weighted by atomic mass is 19.1. The van der Waals surface area contributed by atoms with Gasteiger partial charge in [0.05, 0.1) is 6.61 Å². The maximum atomic E-state index is 14.1. The van der Waals surface area contributed by atoms with E-state index >= 15 is 0 Å². The van der Waals surface area contributed by atoms with Crippen molar-refractivity contribution in [2.75, 3.05) is 26.2 Å². The molecule has 132 valence electrons. The second-order valence-corrected chi connectivity index (χ2v) is 6.82. The molecule has 2 heterocycles. The Kier molecular flexibility index (Phi) is 4.44. The maximum absolute atomic E-state index is 14.1. The van der Waals surface area contributed by atoms with E-state index < -0.39 is 11.6 Å². The summed E-state index contributed by atoms with van der Waals surface area (Å²) < 4.78 is 33.3. The molecule has 0 aliphatic carbocycles. The molecule has 3 nitrogen and oxygen atoms in total. The van der Waals surface area contributed by atoms with Crippen LogP contribution in [0, 0.1) is 18.6 Å². The van der Waals surface area contributed by atoms with Gasteiger partial charge in [-0.2, -0.15) is 0 Å². The highest BCUT2D eigenvalue weighted by molar-refractivity contribution is 5.40. The second kappa shape index (κ2) is 6.73. The third-order valence-electron chi connectivity index (χ3n) is 5.25. The molecule has 2 aliphatic rings. The van der Waals surface area contributed by atoms with Crippen molar-refractivity contribution in [3.63, 3.8) is 0 Å². The summed E-state index contributed by atoms with van der Waals surface area (Å²) in [5.41, 5.74) is 3.17. The Labute approximate surface area is 146 Å². The first kappa shape index (κ1) is 16.5. The number of ether oxygens (including phenoxy) is 1. The van der Waals surface area contributed by atoms with E-state index in [1.54, 1.807) is 0 Å². The predicted octanol–water partition coefficient (Wildman–Crippen LogP) is 3.74. The van der Waals surface area contributed by atoms with Crippen LogP contribution in [0.4, 0.5) is 8.78 Å². The molecule has 1 saturated heterocycles. The Morgan fingerprint density at radius 3 is 2.84 bits per heavy atom. The van der Waals surface area contributed by atoms with Crippen molar-refractivity contribution in [2.45, 2.75) is 25.4 Å². The molecule has 2 atom stereocenters. The zero-order chi connectivity index (χ0) is 17.4. The van der Waals surface area contributed by atoms with Gasteiger partial charge in [-0.05, 0) is 24.1 Å². The van der Waals surface area contributed by atoms with E-state index in [9.17, 15) is 8.78 Å². The normalized spacial score (nSPS) is 23.8. The van der Waals surface area contributed by atoms with Gasteiger partial charge in [0.1, 0.15) is 5.82 Å². The molecule has 1 N–H and O–H groups in total. The third kappa shape index (κ3) is 3.14. The number of halogens is 2. The van der Waals surface area contributed by atoms with Gasteiger partial charge in [-0.3, -0.25) is 4.90 Å². The van der Waals surface area contributed by atoms with Crippen LogP contribution in [0.1, 0.15) is 35.2 Å². The molecule has 0 saturated carbocycles. The summed E-state index contributed by atoms with van der Waals surface area (Å²) in [6.07, 6.45) is 0.746. The average molecular weight is 344 g/mol. The van der Waals surface area contributed by atoms with Crippen LogP contribution in [0.15, 0.2) is 36.4 Å². The number of fused-ring (bicyclic) bond motifs is 1. The van der Waals surface area contributed by atoms with Crippen molar-refractivity contribution in [2.24, 2.45) is 0 Å². The van der Waals surface area contributed by atoms with Crippen molar-refractivity contribution in [3.05, 3.63) is 64.7 Å². The molecular weight excluding hydrogens is 322 g/mol. The van der Waals surface area contributed by atoms with Gasteiger partial charge in [0.25, 0.3) is 0 Å². The van der Waals surface area contributed by atoms with Crippen LogP contribution in [-0.2, 0) is 0 Å². The standard InChI is InChI=1S/C20H22F2N2O/c1-13-4-2-3-5-15(13)18-12-24(8-7-23-18)19-6-9-25-20-16(19)10-14(21)11-17(20)22/h2-5,10-11,18-19,23H,6-9,12H2,1H3. The molecule has 2 aromatic rings. The zero-order valence-corrected chi connectivity index (χ0v) is 14.3. The first-order chi connectivity index (χ1) is 12.1. The van der Waals surface area contributed by atoms with E-state index in [1.807, 2.05) is 6.07 Å². The van der Waals surface area contributed by atoms with Crippen molar-refractivity contribution >= 4 is 0 Å². The van der Waals surface area contributed by atoms with E-state index in [0.29, 0.717) is 12.2 Å². The highest BCUT2D eigenvalue weighted by Crippen LogP contribution is 2.39. The number of hydrogen-bond acceptors (Lipinski definition) is 3. The number of rotatable bonds is 2. The summed E-state index contributed by atoms with van der Waals surface area (Å²) in [5, 5.41) is 3.57. The molecule has 1 fully saturated rings. The number of nitrogens with zero attached hydrogens (tertiary/aromatic N) is 1. The molecule has 0 spiro atoms. The lowest BCUT2D eigenvalue weighted by molar-refractivity contribution is 0.104. The number of nitrogens with one attached hydrogen (secondary N) is 1. The zero-order valence-electron chi connectivity index (χ0n) is 14.3. The van der Waals surface area contributed by atoms with Gasteiger partial charge in [-0.25, -0.2) is 8.78 Å². The molecule has 2 aromatic carbocycles. The second-order valence-electron chi connectivity index (χ2n) is 6.82. The minimum atomic E-state index is -0.606. The van der Waals surface area contributed by atoms with Gasteiger partial charge in [-0.15, -0.1) is 0 Å². The molecule has 0 aromatic heterocycles. The van der Waals surface area contributed by atoms with Crippen LogP contribution in [0.3, 0.4) is 0 Å². The fourth-order valence-corrected chi connectivity index (χ4v) is 4.03. The van der Waals surface area contributed by atoms with Crippen LogP contribution in [0.25, 0.3) is 0 Å². The number of benzene rings is 2. The fourth-order valence-electron chi connectivity index (χ4n) is 4.03. The Balaban J connectivity index is 1.62. The predicted molar refractivity (Wildman–Crippen MR) is 92.7 cm³/mol. The number of piperazine rings is 1. The van der Waals surface area contributed by atoms with Gasteiger partial charge in [-0.1, -0.05) is 24.3 Å². The quantitative estimate of drug-likeness (QED) is 0.898. The van der Waals surface area contributed by atoms with E-state index in [4.69, 9.17) is 4.74 Å². The van der Waals surface area contributed by atoms with Crippen molar-refractivity contribution in [1.29, 1.82) is 0 Å². The molecule has 2 aliphatic heterocycles. The lowest BCUT2D eigenvalue weighted by Gasteiger charge is -2.41. The molecule has 0 amide bonds. The summed E-state index contributed by atoms with van der Waals surface area (Å²) in [6.45, 7) is 5.09. The summed E-state index contributed by atoms with van der Waals surface area (Å²) in [5.74, 6) is -0.939. The fraction of sp³-hybridized carbons (Fsp3) is 0.400. The molecule has 25 heavy (non-hydrogen) atoms. The molecule has 4 rings (SSSR count). The van der Waals surface area contributed by atoms with Crippen molar-refractivity contribution in [3.8, 4) is 5.75 Å². The van der Waals surface area contributed by atoms with Gasteiger partial charge >= 0.3 is 0 Å². The van der Waals surface area contributed by atoms with Crippen molar-refractivity contribution < 1.29 is 13.5 Å². The highest BCUT2D eigenvalue weighted by Gasteiger charge is 2.33. The molecule has 5 heteroatoms. The molecule has 2 unspecified atom stereocenters. The van der Waals surface area contributed by atoms with E-state index in [0.717, 1.165) is 32.1 Å². The van der Waals surface area contributed by atoms with E-state index in [2.05, 4.69) is 35.3 Å². The Bertz CT molecular complexity index is 780. The van der Waals surface area contributed by atoms with E-state index in [-0.39, 0.29) is 17.8 Å². The van der Waals surface area contributed by atoms with Gasteiger partial charge in [0.15, 0.2) is 11.6 Å². The average Bonchev–Trinajstić information content (AvgIpc) is 2.62. The van der Waals surface area contributed by atoms with Crippen LogP contribution in [-0.4, -0.2) is 31.1 Å². The lowest BCUT2D eigenvalue weighted by atomic mass is 9.94. The summed E-state index contributed by atoms with van der Waals surface area (Å²) >= 11 is 0. The third-order valence-corrected chi connectivity index (χ3v) is 5.25. The maximum Gasteiger partial charge on any atom is 0.168 e. The van der Waals surface area contributed by atoms with Crippen LogP contribution in [0.2, 0.25) is 0 Å². The SMILES string of the molecule is Cc1ccccc1C1CN(C2CCOc3c(F)cc(F)cc32)CCN1. The minimum absolute atomic E-state index is 0.0115. The first-order valence-corrected chi connectivity index (χ1v) is 8.78. The summed E-state index contributed by atoms with van der Waals surface area (Å²) in [7, 11) is 0. The van der Waals surface area contributed by atoms with Gasteiger partial charge in [0.2, 0.25) is 0 Å². The van der Waals surface area contributed by atoms with Crippen LogP contribution >= 0.6 is 0 Å². The smallest absolute Gasteiger partial charge is 0.168 e. The van der Waals surface area contributed by atoms with Crippen LogP contribution < -0.4 is 10.1 Å². The molecule has 0 bridgehead atoms. The number of hydrogen-bond donors (Lipinski definition) is 1. The summed E-state index contributed by atoms with van der Waals surface area (Å²) in [4.78, 5) is 2.33. The Morgan fingerprint density at radius 1 is 1.16 bits per heavy atom. The Hall–Kier alpha value is -1.98. The number of aryl methyl sites for hydroxylation is 1.